The Bertz CT molecular complexity index is 815. The highest BCUT2D eigenvalue weighted by Gasteiger charge is 2.61. The number of carbonyl (C=O) groups is 3. The van der Waals surface area contributed by atoms with Crippen molar-refractivity contribution < 1.29 is 28.6 Å². The molecule has 4 rings (SSSR count). The third kappa shape index (κ3) is 5.07. The highest BCUT2D eigenvalue weighted by atomic mass is 16.6. The number of epoxide rings is 1. The second-order valence-corrected chi connectivity index (χ2v) is 9.64. The highest BCUT2D eigenvalue weighted by Crippen LogP contribution is 2.49. The first-order valence-corrected chi connectivity index (χ1v) is 11.6. The Morgan fingerprint density at radius 1 is 1.25 bits per heavy atom. The molecule has 1 aliphatic carbocycles. The van der Waals surface area contributed by atoms with Gasteiger partial charge in [-0.15, -0.1) is 0 Å². The van der Waals surface area contributed by atoms with Gasteiger partial charge in [0, 0.05) is 44.1 Å². The first-order chi connectivity index (χ1) is 15.3. The van der Waals surface area contributed by atoms with Gasteiger partial charge in [0.05, 0.1) is 12.0 Å². The molecule has 0 N–H and O–H groups in total. The molecule has 0 aromatic rings. The molecule has 0 aromatic carbocycles. The van der Waals surface area contributed by atoms with Crippen molar-refractivity contribution in [3.63, 3.8) is 0 Å². The minimum Gasteiger partial charge on any atom is -0.461 e. The van der Waals surface area contributed by atoms with Gasteiger partial charge in [0.25, 0.3) is 0 Å². The van der Waals surface area contributed by atoms with Crippen molar-refractivity contribution in [1.29, 1.82) is 0 Å². The number of hydrogen-bond acceptors (Lipinski definition) is 7. The van der Waals surface area contributed by atoms with E-state index in [1.54, 1.807) is 0 Å². The first-order valence-electron chi connectivity index (χ1n) is 11.6. The minimum atomic E-state index is -0.357. The Morgan fingerprint density at radius 3 is 2.75 bits per heavy atom. The molecule has 4 atom stereocenters. The van der Waals surface area contributed by atoms with Crippen molar-refractivity contribution in [3.8, 4) is 0 Å². The topological polar surface area (TPSA) is 88.7 Å². The fraction of sp³-hybridized carbons (Fsp3) is 0.708. The van der Waals surface area contributed by atoms with Crippen molar-refractivity contribution in [1.82, 2.24) is 9.80 Å². The van der Waals surface area contributed by atoms with Crippen LogP contribution in [0.1, 0.15) is 45.4 Å². The SMILES string of the molecule is C=C1C(=O)O[C@H]2[C@H]1CC/C(COC(=O)CCC(=O)N1CCN(C)CC1)=C\CC[C@@]1(C)O[C@@H]21. The molecule has 1 amide bonds. The summed E-state index contributed by atoms with van der Waals surface area (Å²) < 4.78 is 17.0. The van der Waals surface area contributed by atoms with E-state index in [4.69, 9.17) is 14.2 Å². The minimum absolute atomic E-state index is 0.00985. The first kappa shape index (κ1) is 23.0. The highest BCUT2D eigenvalue weighted by molar-refractivity contribution is 5.91. The largest absolute Gasteiger partial charge is 0.461 e. The van der Waals surface area contributed by atoms with Crippen LogP contribution in [0.15, 0.2) is 23.8 Å². The molecule has 0 unspecified atom stereocenters. The van der Waals surface area contributed by atoms with E-state index in [2.05, 4.69) is 24.5 Å². The third-order valence-corrected chi connectivity index (χ3v) is 7.26. The summed E-state index contributed by atoms with van der Waals surface area (Å²) >= 11 is 0. The molecule has 0 aromatic heterocycles. The van der Waals surface area contributed by atoms with Crippen molar-refractivity contribution in [2.24, 2.45) is 5.92 Å². The predicted molar refractivity (Wildman–Crippen MR) is 117 cm³/mol. The van der Waals surface area contributed by atoms with Crippen molar-refractivity contribution in [2.45, 2.75) is 63.3 Å². The van der Waals surface area contributed by atoms with E-state index in [0.717, 1.165) is 31.5 Å². The summed E-state index contributed by atoms with van der Waals surface area (Å²) in [5, 5.41) is 0. The quantitative estimate of drug-likeness (QED) is 0.276. The van der Waals surface area contributed by atoms with Crippen LogP contribution in [0.4, 0.5) is 0 Å². The van der Waals surface area contributed by atoms with Crippen LogP contribution in [0.3, 0.4) is 0 Å². The zero-order valence-corrected chi connectivity index (χ0v) is 19.1. The van der Waals surface area contributed by atoms with Crippen LogP contribution < -0.4 is 0 Å². The van der Waals surface area contributed by atoms with E-state index < -0.39 is 0 Å². The fourth-order valence-corrected chi connectivity index (χ4v) is 4.92. The lowest BCUT2D eigenvalue weighted by Crippen LogP contribution is -2.47. The number of fused-ring (bicyclic) bond motifs is 3. The van der Waals surface area contributed by atoms with Gasteiger partial charge in [-0.2, -0.15) is 0 Å². The van der Waals surface area contributed by atoms with Gasteiger partial charge in [-0.25, -0.2) is 4.79 Å². The average molecular weight is 447 g/mol. The molecule has 3 heterocycles. The summed E-state index contributed by atoms with van der Waals surface area (Å²) in [7, 11) is 2.04. The van der Waals surface area contributed by atoms with Crippen LogP contribution in [-0.2, 0) is 28.6 Å². The Kier molecular flexibility index (Phi) is 6.72. The molecule has 8 heteroatoms. The Labute approximate surface area is 189 Å². The van der Waals surface area contributed by atoms with E-state index in [-0.39, 0.29) is 61.0 Å². The molecule has 0 bridgehead atoms. The number of allylic oxidation sites excluding steroid dienone is 1. The lowest BCUT2D eigenvalue weighted by Gasteiger charge is -2.32. The number of hydrogen-bond donors (Lipinski definition) is 0. The van der Waals surface area contributed by atoms with E-state index in [1.807, 2.05) is 11.9 Å². The monoisotopic (exact) mass is 446 g/mol. The maximum absolute atomic E-state index is 12.3. The van der Waals surface area contributed by atoms with Crippen molar-refractivity contribution in [2.75, 3.05) is 39.8 Å². The molecule has 3 saturated heterocycles. The van der Waals surface area contributed by atoms with Crippen LogP contribution >= 0.6 is 0 Å². The van der Waals surface area contributed by atoms with Gasteiger partial charge in [0.15, 0.2) is 0 Å². The number of esters is 2. The molecule has 4 aliphatic rings. The Morgan fingerprint density at radius 2 is 2.00 bits per heavy atom. The van der Waals surface area contributed by atoms with Gasteiger partial charge in [-0.1, -0.05) is 12.7 Å². The number of likely N-dealkylation sites (N-methyl/N-ethyl adjacent to an activating group) is 1. The van der Waals surface area contributed by atoms with Gasteiger partial charge in [-0.3, -0.25) is 9.59 Å². The molecule has 0 saturated carbocycles. The number of piperazine rings is 1. The Hall–Kier alpha value is -2.19. The molecule has 8 nitrogen and oxygen atoms in total. The maximum Gasteiger partial charge on any atom is 0.334 e. The zero-order chi connectivity index (χ0) is 22.9. The number of carbonyl (C=O) groups excluding carboxylic acids is 3. The molecular weight excluding hydrogens is 412 g/mol. The van der Waals surface area contributed by atoms with Crippen molar-refractivity contribution >= 4 is 17.8 Å². The summed E-state index contributed by atoms with van der Waals surface area (Å²) in [5.74, 6) is -0.757. The van der Waals surface area contributed by atoms with Crippen LogP contribution in [0, 0.1) is 5.92 Å². The van der Waals surface area contributed by atoms with Crippen LogP contribution in [0.2, 0.25) is 0 Å². The summed E-state index contributed by atoms with van der Waals surface area (Å²) in [6.45, 7) is 9.33. The van der Waals surface area contributed by atoms with Gasteiger partial charge in [-0.05, 0) is 45.2 Å². The molecule has 32 heavy (non-hydrogen) atoms. The zero-order valence-electron chi connectivity index (χ0n) is 19.1. The average Bonchev–Trinajstić information content (AvgIpc) is 3.36. The van der Waals surface area contributed by atoms with Gasteiger partial charge in [0.2, 0.25) is 5.91 Å². The van der Waals surface area contributed by atoms with Crippen LogP contribution in [0.25, 0.3) is 0 Å². The van der Waals surface area contributed by atoms with E-state index in [0.29, 0.717) is 31.5 Å². The lowest BCUT2D eigenvalue weighted by molar-refractivity contribution is -0.145. The van der Waals surface area contributed by atoms with Crippen LogP contribution in [-0.4, -0.2) is 85.3 Å². The standard InChI is InChI=1S/C24H34N2O6/c1-16-18-7-6-17(5-4-10-24(2)22(32-24)21(18)31-23(16)29)15-30-20(28)9-8-19(27)26-13-11-25(3)12-14-26/h5,18,21-22H,1,4,6-15H2,2-3H3/b17-5+/t18-,21-,22-,24+/m0/s1. The van der Waals surface area contributed by atoms with E-state index in [1.165, 1.54) is 0 Å². The second kappa shape index (κ2) is 9.35. The second-order valence-electron chi connectivity index (χ2n) is 9.64. The normalized spacial score (nSPS) is 34.6. The summed E-state index contributed by atoms with van der Waals surface area (Å²) in [6.07, 6.45) is 5.09. The molecule has 0 spiro atoms. The number of rotatable bonds is 5. The Balaban J connectivity index is 1.26. The van der Waals surface area contributed by atoms with Gasteiger partial charge in [0.1, 0.15) is 18.8 Å². The molecular formula is C24H34N2O6. The predicted octanol–water partition coefficient (Wildman–Crippen LogP) is 1.84. The fourth-order valence-electron chi connectivity index (χ4n) is 4.92. The van der Waals surface area contributed by atoms with Gasteiger partial charge >= 0.3 is 11.9 Å². The summed E-state index contributed by atoms with van der Waals surface area (Å²) in [4.78, 5) is 40.7. The van der Waals surface area contributed by atoms with Gasteiger partial charge < -0.3 is 24.0 Å². The van der Waals surface area contributed by atoms with Crippen molar-refractivity contribution in [3.05, 3.63) is 23.8 Å². The maximum atomic E-state index is 12.3. The molecule has 3 fully saturated rings. The number of ether oxygens (including phenoxy) is 3. The third-order valence-electron chi connectivity index (χ3n) is 7.26. The summed E-state index contributed by atoms with van der Waals surface area (Å²) in [6, 6.07) is 0. The molecule has 3 aliphatic heterocycles. The molecule has 0 radical (unpaired) electrons. The number of amides is 1. The lowest BCUT2D eigenvalue weighted by atomic mass is 9.84. The summed E-state index contributed by atoms with van der Waals surface area (Å²) in [5.41, 5.74) is 1.25. The molecule has 176 valence electrons. The van der Waals surface area contributed by atoms with Crippen LogP contribution in [0.5, 0.6) is 0 Å². The van der Waals surface area contributed by atoms with E-state index >= 15 is 0 Å². The number of nitrogens with zero attached hydrogens (tertiary/aromatic N) is 2. The smallest absolute Gasteiger partial charge is 0.334 e. The van der Waals surface area contributed by atoms with E-state index in [9.17, 15) is 14.4 Å².